The number of nitrogens with one attached hydrogen (secondary N) is 2. The van der Waals surface area contributed by atoms with Crippen LogP contribution in [0.5, 0.6) is 0 Å². The first-order valence-electron chi connectivity index (χ1n) is 5.41. The van der Waals surface area contributed by atoms with Crippen LogP contribution in [0.3, 0.4) is 0 Å². The molecule has 0 aromatic heterocycles. The largest absolute Gasteiger partial charge is 0.351 e. The lowest BCUT2D eigenvalue weighted by atomic mass is 10.2. The molecule has 0 aliphatic heterocycles. The standard InChI is InChI=1S/C12H16F2N2O/c1-9(12(13)14)15-8-11(17)16-7-10-5-3-2-4-6-10/h2-6,9,12,15H,7-8H2,1H3,(H,16,17). The number of carbonyl (C=O) groups excluding carboxylic acids is 1. The lowest BCUT2D eigenvalue weighted by molar-refractivity contribution is -0.120. The minimum atomic E-state index is -2.46. The zero-order chi connectivity index (χ0) is 12.7. The van der Waals surface area contributed by atoms with Crippen molar-refractivity contribution in [3.63, 3.8) is 0 Å². The normalized spacial score (nSPS) is 12.5. The molecular weight excluding hydrogens is 226 g/mol. The second kappa shape index (κ2) is 6.96. The van der Waals surface area contributed by atoms with Crippen LogP contribution in [0.2, 0.25) is 0 Å². The number of benzene rings is 1. The van der Waals surface area contributed by atoms with Gasteiger partial charge >= 0.3 is 0 Å². The van der Waals surface area contributed by atoms with Crippen molar-refractivity contribution in [3.05, 3.63) is 35.9 Å². The maximum absolute atomic E-state index is 12.1. The maximum Gasteiger partial charge on any atom is 0.253 e. The van der Waals surface area contributed by atoms with E-state index in [1.54, 1.807) is 0 Å². The highest BCUT2D eigenvalue weighted by Crippen LogP contribution is 1.99. The zero-order valence-corrected chi connectivity index (χ0v) is 9.62. The van der Waals surface area contributed by atoms with Gasteiger partial charge in [0, 0.05) is 6.54 Å². The summed E-state index contributed by atoms with van der Waals surface area (Å²) in [7, 11) is 0. The number of carbonyl (C=O) groups is 1. The molecule has 1 rings (SSSR count). The van der Waals surface area contributed by atoms with Gasteiger partial charge in [-0.15, -0.1) is 0 Å². The molecule has 0 aliphatic rings. The van der Waals surface area contributed by atoms with Gasteiger partial charge in [0.05, 0.1) is 12.6 Å². The minimum Gasteiger partial charge on any atom is -0.351 e. The van der Waals surface area contributed by atoms with Crippen molar-refractivity contribution in [1.82, 2.24) is 10.6 Å². The lowest BCUT2D eigenvalue weighted by Crippen LogP contribution is -2.40. The summed E-state index contributed by atoms with van der Waals surface area (Å²) in [5.74, 6) is -0.290. The van der Waals surface area contributed by atoms with E-state index in [0.29, 0.717) is 6.54 Å². The topological polar surface area (TPSA) is 41.1 Å². The second-order valence-electron chi connectivity index (χ2n) is 3.77. The van der Waals surface area contributed by atoms with Crippen LogP contribution in [0, 0.1) is 0 Å². The first-order chi connectivity index (χ1) is 8.09. The summed E-state index contributed by atoms with van der Waals surface area (Å²) in [5, 5.41) is 5.10. The molecule has 0 fully saturated rings. The third-order valence-corrected chi connectivity index (χ3v) is 2.30. The van der Waals surface area contributed by atoms with E-state index in [2.05, 4.69) is 10.6 Å². The van der Waals surface area contributed by atoms with Gasteiger partial charge in [-0.1, -0.05) is 30.3 Å². The van der Waals surface area contributed by atoms with Gasteiger partial charge in [0.1, 0.15) is 0 Å². The van der Waals surface area contributed by atoms with Crippen LogP contribution < -0.4 is 10.6 Å². The molecule has 94 valence electrons. The molecule has 5 heteroatoms. The Morgan fingerprint density at radius 3 is 2.53 bits per heavy atom. The van der Waals surface area contributed by atoms with Gasteiger partial charge in [0.15, 0.2) is 0 Å². The molecule has 1 unspecified atom stereocenters. The van der Waals surface area contributed by atoms with E-state index in [0.717, 1.165) is 5.56 Å². The van der Waals surface area contributed by atoms with E-state index < -0.39 is 12.5 Å². The Labute approximate surface area is 99.2 Å². The van der Waals surface area contributed by atoms with E-state index in [1.807, 2.05) is 30.3 Å². The van der Waals surface area contributed by atoms with Crippen LogP contribution in [0.25, 0.3) is 0 Å². The van der Waals surface area contributed by atoms with Crippen molar-refractivity contribution in [3.8, 4) is 0 Å². The molecule has 0 radical (unpaired) electrons. The predicted octanol–water partition coefficient (Wildman–Crippen LogP) is 1.55. The highest BCUT2D eigenvalue weighted by atomic mass is 19.3. The maximum atomic E-state index is 12.1. The Balaban J connectivity index is 2.22. The van der Waals surface area contributed by atoms with Gasteiger partial charge in [-0.25, -0.2) is 8.78 Å². The fourth-order valence-electron chi connectivity index (χ4n) is 1.20. The van der Waals surface area contributed by atoms with Crippen molar-refractivity contribution in [2.45, 2.75) is 25.9 Å². The smallest absolute Gasteiger partial charge is 0.253 e. The van der Waals surface area contributed by atoms with E-state index >= 15 is 0 Å². The van der Waals surface area contributed by atoms with Crippen LogP contribution in [-0.4, -0.2) is 24.9 Å². The molecule has 0 saturated carbocycles. The summed E-state index contributed by atoms with van der Waals surface area (Å²) in [4.78, 5) is 11.3. The monoisotopic (exact) mass is 242 g/mol. The summed E-state index contributed by atoms with van der Waals surface area (Å²) in [6.45, 7) is 1.65. The van der Waals surface area contributed by atoms with Crippen LogP contribution in [-0.2, 0) is 11.3 Å². The summed E-state index contributed by atoms with van der Waals surface area (Å²) < 4.78 is 24.3. The van der Waals surface area contributed by atoms with E-state index in [1.165, 1.54) is 6.92 Å². The van der Waals surface area contributed by atoms with Gasteiger partial charge < -0.3 is 10.6 Å². The van der Waals surface area contributed by atoms with Crippen molar-refractivity contribution in [2.75, 3.05) is 6.54 Å². The van der Waals surface area contributed by atoms with Crippen LogP contribution in [0.4, 0.5) is 8.78 Å². The van der Waals surface area contributed by atoms with Crippen molar-refractivity contribution in [2.24, 2.45) is 0 Å². The Morgan fingerprint density at radius 2 is 1.94 bits per heavy atom. The predicted molar refractivity (Wildman–Crippen MR) is 61.8 cm³/mol. The number of halogens is 2. The first kappa shape index (κ1) is 13.6. The van der Waals surface area contributed by atoms with Gasteiger partial charge in [0.2, 0.25) is 5.91 Å². The molecule has 2 N–H and O–H groups in total. The quantitative estimate of drug-likeness (QED) is 0.794. The third-order valence-electron chi connectivity index (χ3n) is 2.30. The fraction of sp³-hybridized carbons (Fsp3) is 0.417. The highest BCUT2D eigenvalue weighted by molar-refractivity contribution is 5.77. The number of hydrogen-bond donors (Lipinski definition) is 2. The average molecular weight is 242 g/mol. The average Bonchev–Trinajstić information content (AvgIpc) is 2.34. The third kappa shape index (κ3) is 5.40. The van der Waals surface area contributed by atoms with Crippen molar-refractivity contribution >= 4 is 5.91 Å². The molecule has 1 aromatic carbocycles. The van der Waals surface area contributed by atoms with Gasteiger partial charge in [0.25, 0.3) is 6.43 Å². The summed E-state index contributed by atoms with van der Waals surface area (Å²) in [6.07, 6.45) is -2.46. The minimum absolute atomic E-state index is 0.0989. The van der Waals surface area contributed by atoms with Crippen molar-refractivity contribution in [1.29, 1.82) is 0 Å². The van der Waals surface area contributed by atoms with E-state index in [9.17, 15) is 13.6 Å². The lowest BCUT2D eigenvalue weighted by Gasteiger charge is -2.12. The van der Waals surface area contributed by atoms with Crippen LogP contribution in [0.15, 0.2) is 30.3 Å². The summed E-state index contributed by atoms with van der Waals surface area (Å²) in [5.41, 5.74) is 0.975. The number of rotatable bonds is 6. The number of amides is 1. The summed E-state index contributed by atoms with van der Waals surface area (Å²) in [6, 6.07) is 8.43. The first-order valence-corrected chi connectivity index (χ1v) is 5.41. The molecular formula is C12H16F2N2O. The summed E-state index contributed by atoms with van der Waals surface area (Å²) >= 11 is 0. The number of alkyl halides is 2. The van der Waals surface area contributed by atoms with E-state index in [-0.39, 0.29) is 12.5 Å². The molecule has 1 amide bonds. The highest BCUT2D eigenvalue weighted by Gasteiger charge is 2.14. The Hall–Kier alpha value is -1.49. The molecule has 3 nitrogen and oxygen atoms in total. The van der Waals surface area contributed by atoms with Gasteiger partial charge in [-0.05, 0) is 12.5 Å². The molecule has 0 aliphatic carbocycles. The number of hydrogen-bond acceptors (Lipinski definition) is 2. The molecule has 0 heterocycles. The molecule has 17 heavy (non-hydrogen) atoms. The second-order valence-corrected chi connectivity index (χ2v) is 3.77. The molecule has 0 saturated heterocycles. The Bertz CT molecular complexity index is 344. The van der Waals surface area contributed by atoms with Crippen LogP contribution in [0.1, 0.15) is 12.5 Å². The van der Waals surface area contributed by atoms with Crippen molar-refractivity contribution < 1.29 is 13.6 Å². The molecule has 0 bridgehead atoms. The Morgan fingerprint density at radius 1 is 1.29 bits per heavy atom. The molecule has 1 aromatic rings. The zero-order valence-electron chi connectivity index (χ0n) is 9.62. The fourth-order valence-corrected chi connectivity index (χ4v) is 1.20. The SMILES string of the molecule is CC(NCC(=O)NCc1ccccc1)C(F)F. The van der Waals surface area contributed by atoms with Crippen LogP contribution >= 0.6 is 0 Å². The molecule has 1 atom stereocenters. The Kier molecular flexibility index (Phi) is 5.56. The van der Waals surface area contributed by atoms with Gasteiger partial charge in [-0.2, -0.15) is 0 Å². The molecule has 0 spiro atoms. The van der Waals surface area contributed by atoms with E-state index in [4.69, 9.17) is 0 Å². The van der Waals surface area contributed by atoms with Gasteiger partial charge in [-0.3, -0.25) is 4.79 Å².